The van der Waals surface area contributed by atoms with Gasteiger partial charge >= 0.3 is 0 Å². The van der Waals surface area contributed by atoms with E-state index in [0.717, 1.165) is 29.1 Å². The highest BCUT2D eigenvalue weighted by Crippen LogP contribution is 2.29. The van der Waals surface area contributed by atoms with E-state index in [0.29, 0.717) is 0 Å². The lowest BCUT2D eigenvalue weighted by molar-refractivity contribution is 0.396. The van der Waals surface area contributed by atoms with E-state index in [9.17, 15) is 0 Å². The van der Waals surface area contributed by atoms with Crippen molar-refractivity contribution in [2.24, 2.45) is 5.92 Å². The third kappa shape index (κ3) is 2.43. The summed E-state index contributed by atoms with van der Waals surface area (Å²) in [5.41, 5.74) is 8.89. The van der Waals surface area contributed by atoms with Crippen molar-refractivity contribution < 1.29 is 0 Å². The van der Waals surface area contributed by atoms with E-state index >= 15 is 0 Å². The van der Waals surface area contributed by atoms with Crippen molar-refractivity contribution in [3.05, 3.63) is 30.5 Å². The zero-order chi connectivity index (χ0) is 14.1. The van der Waals surface area contributed by atoms with Crippen LogP contribution in [0.4, 0.5) is 11.4 Å². The number of hydrogen-bond acceptors (Lipinski definition) is 4. The number of pyridine rings is 1. The normalized spacial score (nSPS) is 19.6. The van der Waals surface area contributed by atoms with E-state index in [1.54, 1.807) is 0 Å². The minimum Gasteiger partial charge on any atom is -0.397 e. The molecule has 1 aromatic carbocycles. The Kier molecular flexibility index (Phi) is 3.49. The Morgan fingerprint density at radius 3 is 3.00 bits per heavy atom. The van der Waals surface area contributed by atoms with Crippen molar-refractivity contribution in [3.8, 4) is 0 Å². The van der Waals surface area contributed by atoms with Crippen molar-refractivity contribution in [1.82, 2.24) is 9.88 Å². The molecule has 1 saturated heterocycles. The lowest BCUT2D eigenvalue weighted by atomic mass is 10.1. The van der Waals surface area contributed by atoms with E-state index in [-0.39, 0.29) is 0 Å². The molecule has 106 valence electrons. The lowest BCUT2D eigenvalue weighted by Crippen LogP contribution is -2.27. The quantitative estimate of drug-likeness (QED) is 0.869. The van der Waals surface area contributed by atoms with Gasteiger partial charge in [-0.25, -0.2) is 0 Å². The second-order valence-corrected chi connectivity index (χ2v) is 5.87. The Labute approximate surface area is 120 Å². The average molecular weight is 270 g/mol. The zero-order valence-corrected chi connectivity index (χ0v) is 12.2. The van der Waals surface area contributed by atoms with Crippen LogP contribution in [0, 0.1) is 5.92 Å². The van der Waals surface area contributed by atoms with Crippen molar-refractivity contribution in [2.45, 2.75) is 6.42 Å². The van der Waals surface area contributed by atoms with E-state index in [2.05, 4.69) is 41.0 Å². The third-order valence-electron chi connectivity index (χ3n) is 4.21. The highest BCUT2D eigenvalue weighted by atomic mass is 15.2. The SMILES string of the molecule is CN1CCC(CN(C)c2ccnc3c(N)cccc23)C1. The molecule has 1 aliphatic heterocycles. The minimum absolute atomic E-state index is 0.745. The smallest absolute Gasteiger partial charge is 0.0951 e. The lowest BCUT2D eigenvalue weighted by Gasteiger charge is -2.24. The molecule has 3 rings (SSSR count). The first-order chi connectivity index (χ1) is 9.65. The molecule has 1 aliphatic rings. The van der Waals surface area contributed by atoms with Gasteiger partial charge < -0.3 is 15.5 Å². The van der Waals surface area contributed by atoms with Crippen LogP contribution in [0.3, 0.4) is 0 Å². The summed E-state index contributed by atoms with van der Waals surface area (Å²) in [4.78, 5) is 9.15. The largest absolute Gasteiger partial charge is 0.397 e. The summed E-state index contributed by atoms with van der Waals surface area (Å²) in [5, 5.41) is 1.14. The van der Waals surface area contributed by atoms with Crippen LogP contribution in [0.15, 0.2) is 30.5 Å². The summed E-state index contributed by atoms with van der Waals surface area (Å²) in [6.07, 6.45) is 3.14. The molecule has 1 unspecified atom stereocenters. The number of likely N-dealkylation sites (tertiary alicyclic amines) is 1. The van der Waals surface area contributed by atoms with Crippen LogP contribution in [0.25, 0.3) is 10.9 Å². The van der Waals surface area contributed by atoms with Gasteiger partial charge in [0, 0.05) is 37.4 Å². The van der Waals surface area contributed by atoms with Crippen LogP contribution in [-0.4, -0.2) is 43.6 Å². The van der Waals surface area contributed by atoms with Gasteiger partial charge in [-0.05, 0) is 38.1 Å². The number of nitrogens with zero attached hydrogens (tertiary/aromatic N) is 3. The summed E-state index contributed by atoms with van der Waals surface area (Å²) < 4.78 is 0. The fourth-order valence-corrected chi connectivity index (χ4v) is 3.18. The number of aromatic nitrogens is 1. The number of rotatable bonds is 3. The fraction of sp³-hybridized carbons (Fsp3) is 0.438. The molecular weight excluding hydrogens is 248 g/mol. The molecule has 0 bridgehead atoms. The number of hydrogen-bond donors (Lipinski definition) is 1. The van der Waals surface area contributed by atoms with Gasteiger partial charge in [-0.15, -0.1) is 0 Å². The molecule has 2 aromatic rings. The van der Waals surface area contributed by atoms with Gasteiger partial charge in [0.2, 0.25) is 0 Å². The maximum Gasteiger partial charge on any atom is 0.0951 e. The van der Waals surface area contributed by atoms with Gasteiger partial charge in [-0.3, -0.25) is 4.98 Å². The average Bonchev–Trinajstić information content (AvgIpc) is 2.84. The minimum atomic E-state index is 0.745. The zero-order valence-electron chi connectivity index (χ0n) is 12.2. The number of anilines is 2. The molecule has 0 amide bonds. The molecule has 4 heteroatoms. The molecular formula is C16H22N4. The number of benzene rings is 1. The summed E-state index contributed by atoms with van der Waals surface area (Å²) in [6.45, 7) is 3.48. The molecule has 2 heterocycles. The van der Waals surface area contributed by atoms with Gasteiger partial charge in [-0.2, -0.15) is 0 Å². The number of fused-ring (bicyclic) bond motifs is 1. The molecule has 4 nitrogen and oxygen atoms in total. The summed E-state index contributed by atoms with van der Waals surface area (Å²) in [7, 11) is 4.36. The van der Waals surface area contributed by atoms with Crippen LogP contribution in [-0.2, 0) is 0 Å². The van der Waals surface area contributed by atoms with Crippen LogP contribution in [0.1, 0.15) is 6.42 Å². The third-order valence-corrected chi connectivity index (χ3v) is 4.21. The summed E-state index contributed by atoms with van der Waals surface area (Å²) in [6, 6.07) is 8.09. The van der Waals surface area contributed by atoms with E-state index in [4.69, 9.17) is 5.73 Å². The van der Waals surface area contributed by atoms with Crippen molar-refractivity contribution in [1.29, 1.82) is 0 Å². The van der Waals surface area contributed by atoms with Crippen LogP contribution in [0.2, 0.25) is 0 Å². The van der Waals surface area contributed by atoms with E-state index < -0.39 is 0 Å². The molecule has 1 fully saturated rings. The molecule has 0 spiro atoms. The first-order valence-corrected chi connectivity index (χ1v) is 7.18. The monoisotopic (exact) mass is 270 g/mol. The van der Waals surface area contributed by atoms with Crippen molar-refractivity contribution in [2.75, 3.05) is 44.4 Å². The number of para-hydroxylation sites is 1. The first-order valence-electron chi connectivity index (χ1n) is 7.18. The maximum atomic E-state index is 6.02. The van der Waals surface area contributed by atoms with Gasteiger partial charge in [0.05, 0.1) is 11.2 Å². The van der Waals surface area contributed by atoms with Gasteiger partial charge in [-0.1, -0.05) is 12.1 Å². The van der Waals surface area contributed by atoms with Gasteiger partial charge in [0.1, 0.15) is 0 Å². The molecule has 0 radical (unpaired) electrons. The fourth-order valence-electron chi connectivity index (χ4n) is 3.18. The predicted octanol–water partition coefficient (Wildman–Crippen LogP) is 2.20. The maximum absolute atomic E-state index is 6.02. The molecule has 0 saturated carbocycles. The highest BCUT2D eigenvalue weighted by molar-refractivity contribution is 5.97. The van der Waals surface area contributed by atoms with Gasteiger partial charge in [0.15, 0.2) is 0 Å². The van der Waals surface area contributed by atoms with Crippen molar-refractivity contribution >= 4 is 22.3 Å². The van der Waals surface area contributed by atoms with Crippen molar-refractivity contribution in [3.63, 3.8) is 0 Å². The molecule has 0 aliphatic carbocycles. The number of nitrogens with two attached hydrogens (primary N) is 1. The van der Waals surface area contributed by atoms with E-state index in [1.807, 2.05) is 18.3 Å². The molecule has 20 heavy (non-hydrogen) atoms. The summed E-state index contributed by atoms with van der Waals surface area (Å²) in [5.74, 6) is 0.745. The Hall–Kier alpha value is -1.81. The summed E-state index contributed by atoms with van der Waals surface area (Å²) >= 11 is 0. The Balaban J connectivity index is 1.88. The highest BCUT2D eigenvalue weighted by Gasteiger charge is 2.21. The topological polar surface area (TPSA) is 45.4 Å². The van der Waals surface area contributed by atoms with E-state index in [1.165, 1.54) is 25.2 Å². The molecule has 1 aromatic heterocycles. The molecule has 1 atom stereocenters. The van der Waals surface area contributed by atoms with Gasteiger partial charge in [0.25, 0.3) is 0 Å². The second kappa shape index (κ2) is 5.29. The predicted molar refractivity (Wildman–Crippen MR) is 85.0 cm³/mol. The molecule has 2 N–H and O–H groups in total. The Morgan fingerprint density at radius 1 is 1.40 bits per heavy atom. The van der Waals surface area contributed by atoms with Crippen LogP contribution < -0.4 is 10.6 Å². The first kappa shape index (κ1) is 13.2. The Morgan fingerprint density at radius 2 is 2.25 bits per heavy atom. The van der Waals surface area contributed by atoms with Crippen LogP contribution in [0.5, 0.6) is 0 Å². The second-order valence-electron chi connectivity index (χ2n) is 5.87. The Bertz CT molecular complexity index is 610. The van der Waals surface area contributed by atoms with Crippen LogP contribution >= 0.6 is 0 Å². The standard InChI is InChI=1S/C16H22N4/c1-19-9-7-12(10-19)11-20(2)15-6-8-18-16-13(15)4-3-5-14(16)17/h3-6,8,12H,7,9-11,17H2,1-2H3. The number of nitrogen functional groups attached to an aromatic ring is 1.